The fourth-order valence-electron chi connectivity index (χ4n) is 1.63. The van der Waals surface area contributed by atoms with Crippen molar-refractivity contribution in [3.63, 3.8) is 0 Å². The Morgan fingerprint density at radius 1 is 1.24 bits per heavy atom. The highest BCUT2D eigenvalue weighted by molar-refractivity contribution is 5.41. The average Bonchev–Trinajstić information content (AvgIpc) is 2.43. The van der Waals surface area contributed by atoms with Crippen LogP contribution in [0.25, 0.3) is 0 Å². The molecule has 0 unspecified atom stereocenters. The third kappa shape index (κ3) is 3.27. The summed E-state index contributed by atoms with van der Waals surface area (Å²) in [7, 11) is 0. The number of hydrogen-bond acceptors (Lipinski definition) is 4. The van der Waals surface area contributed by atoms with Crippen LogP contribution in [0.3, 0.4) is 0 Å². The zero-order valence-electron chi connectivity index (χ0n) is 10.9. The fraction of sp³-hybridized carbons (Fsp3) is 0.231. The van der Waals surface area contributed by atoms with Crippen LogP contribution in [-0.4, -0.2) is 9.97 Å². The summed E-state index contributed by atoms with van der Waals surface area (Å²) in [6.45, 7) is 1.30. The van der Waals surface area contributed by atoms with Crippen molar-refractivity contribution in [2.45, 2.75) is 19.6 Å². The Morgan fingerprint density at radius 3 is 2.57 bits per heavy atom. The molecular weight excluding hydrogens is 290 g/mol. The standard InChI is InChI=1S/C13H11F4N3O/c1-7-11(14)12(20-6-19-7)21-10-3-2-8(5-18)4-9(10)13(15,16)17/h2-4,6H,5,18H2,1H3. The first-order valence-electron chi connectivity index (χ1n) is 5.88. The van der Waals surface area contributed by atoms with E-state index in [0.29, 0.717) is 0 Å². The molecule has 1 heterocycles. The minimum absolute atomic E-state index is 0.0212. The van der Waals surface area contributed by atoms with Crippen molar-refractivity contribution in [2.24, 2.45) is 5.73 Å². The molecule has 0 fully saturated rings. The maximum Gasteiger partial charge on any atom is 0.419 e. The molecule has 0 amide bonds. The molecule has 1 aromatic heterocycles. The lowest BCUT2D eigenvalue weighted by Gasteiger charge is -2.14. The zero-order chi connectivity index (χ0) is 15.6. The van der Waals surface area contributed by atoms with Crippen molar-refractivity contribution in [1.82, 2.24) is 9.97 Å². The van der Waals surface area contributed by atoms with Crippen LogP contribution in [0.5, 0.6) is 11.6 Å². The Labute approximate surface area is 117 Å². The molecule has 2 N–H and O–H groups in total. The number of halogens is 4. The van der Waals surface area contributed by atoms with Gasteiger partial charge < -0.3 is 10.5 Å². The minimum Gasteiger partial charge on any atom is -0.436 e. The predicted octanol–water partition coefficient (Wildman–Crippen LogP) is 3.19. The molecule has 2 aromatic rings. The molecule has 8 heteroatoms. The van der Waals surface area contributed by atoms with Crippen LogP contribution in [-0.2, 0) is 12.7 Å². The number of ether oxygens (including phenoxy) is 1. The van der Waals surface area contributed by atoms with E-state index >= 15 is 0 Å². The van der Waals surface area contributed by atoms with Crippen molar-refractivity contribution in [3.05, 3.63) is 47.2 Å². The SMILES string of the molecule is Cc1ncnc(Oc2ccc(CN)cc2C(F)(F)F)c1F. The maximum absolute atomic E-state index is 13.7. The number of nitrogens with two attached hydrogens (primary N) is 1. The van der Waals surface area contributed by atoms with Gasteiger partial charge in [-0.05, 0) is 24.6 Å². The highest BCUT2D eigenvalue weighted by Crippen LogP contribution is 2.38. The van der Waals surface area contributed by atoms with Crippen molar-refractivity contribution < 1.29 is 22.3 Å². The normalized spacial score (nSPS) is 11.5. The van der Waals surface area contributed by atoms with E-state index in [1.807, 2.05) is 0 Å². The molecular formula is C13H11F4N3O. The molecule has 4 nitrogen and oxygen atoms in total. The summed E-state index contributed by atoms with van der Waals surface area (Å²) in [5.41, 5.74) is 4.54. The van der Waals surface area contributed by atoms with Gasteiger partial charge in [0.15, 0.2) is 0 Å². The van der Waals surface area contributed by atoms with E-state index in [1.54, 1.807) is 0 Å². The Hall–Kier alpha value is -2.22. The molecule has 21 heavy (non-hydrogen) atoms. The first-order chi connectivity index (χ1) is 9.82. The lowest BCUT2D eigenvalue weighted by molar-refractivity contribution is -0.138. The van der Waals surface area contributed by atoms with Gasteiger partial charge in [0.25, 0.3) is 5.88 Å². The van der Waals surface area contributed by atoms with Gasteiger partial charge in [-0.2, -0.15) is 22.5 Å². The molecule has 112 valence electrons. The van der Waals surface area contributed by atoms with E-state index in [4.69, 9.17) is 10.5 Å². The first kappa shape index (κ1) is 15.2. The number of nitrogens with zero attached hydrogens (tertiary/aromatic N) is 2. The Kier molecular flexibility index (Phi) is 4.08. The van der Waals surface area contributed by atoms with Gasteiger partial charge in [-0.3, -0.25) is 0 Å². The topological polar surface area (TPSA) is 61.0 Å². The summed E-state index contributed by atoms with van der Waals surface area (Å²) >= 11 is 0. The largest absolute Gasteiger partial charge is 0.436 e. The van der Waals surface area contributed by atoms with Gasteiger partial charge in [-0.15, -0.1) is 0 Å². The fourth-order valence-corrected chi connectivity index (χ4v) is 1.63. The van der Waals surface area contributed by atoms with E-state index in [0.717, 1.165) is 18.5 Å². The number of alkyl halides is 3. The van der Waals surface area contributed by atoms with Crippen LogP contribution in [0.15, 0.2) is 24.5 Å². The van der Waals surface area contributed by atoms with Gasteiger partial charge in [0, 0.05) is 6.54 Å². The lowest BCUT2D eigenvalue weighted by atomic mass is 10.1. The Balaban J connectivity index is 2.46. The van der Waals surface area contributed by atoms with Gasteiger partial charge in [0.2, 0.25) is 5.82 Å². The molecule has 0 saturated heterocycles. The summed E-state index contributed by atoms with van der Waals surface area (Å²) in [5, 5.41) is 0. The number of benzene rings is 1. The van der Waals surface area contributed by atoms with Gasteiger partial charge in [0.1, 0.15) is 12.1 Å². The smallest absolute Gasteiger partial charge is 0.419 e. The summed E-state index contributed by atoms with van der Waals surface area (Å²) in [6.07, 6.45) is -3.64. The van der Waals surface area contributed by atoms with E-state index in [2.05, 4.69) is 9.97 Å². The predicted molar refractivity (Wildman–Crippen MR) is 66.1 cm³/mol. The van der Waals surface area contributed by atoms with Gasteiger partial charge in [0.05, 0.1) is 11.3 Å². The molecule has 0 atom stereocenters. The number of aryl methyl sites for hydroxylation is 1. The highest BCUT2D eigenvalue weighted by Gasteiger charge is 2.35. The van der Waals surface area contributed by atoms with Crippen LogP contribution in [0.4, 0.5) is 17.6 Å². The number of hydrogen-bond donors (Lipinski definition) is 1. The van der Waals surface area contributed by atoms with Crippen LogP contribution >= 0.6 is 0 Å². The molecule has 0 spiro atoms. The third-order valence-electron chi connectivity index (χ3n) is 2.72. The Bertz CT molecular complexity index is 658. The van der Waals surface area contributed by atoms with Crippen molar-refractivity contribution >= 4 is 0 Å². The molecule has 0 bridgehead atoms. The van der Waals surface area contributed by atoms with Gasteiger partial charge in [-0.1, -0.05) is 6.07 Å². The Morgan fingerprint density at radius 2 is 1.95 bits per heavy atom. The molecule has 0 aliphatic carbocycles. The number of rotatable bonds is 3. The van der Waals surface area contributed by atoms with E-state index in [1.165, 1.54) is 13.0 Å². The van der Waals surface area contributed by atoms with E-state index in [-0.39, 0.29) is 17.8 Å². The summed E-state index contributed by atoms with van der Waals surface area (Å²) in [5.74, 6) is -2.02. The lowest BCUT2D eigenvalue weighted by Crippen LogP contribution is -2.10. The van der Waals surface area contributed by atoms with E-state index < -0.39 is 29.2 Å². The summed E-state index contributed by atoms with van der Waals surface area (Å²) in [4.78, 5) is 7.07. The second-order valence-corrected chi connectivity index (χ2v) is 4.21. The highest BCUT2D eigenvalue weighted by atomic mass is 19.4. The molecule has 2 rings (SSSR count). The zero-order valence-corrected chi connectivity index (χ0v) is 10.9. The van der Waals surface area contributed by atoms with Gasteiger partial charge in [-0.25, -0.2) is 4.98 Å². The van der Waals surface area contributed by atoms with Crippen molar-refractivity contribution in [1.29, 1.82) is 0 Å². The summed E-state index contributed by atoms with van der Waals surface area (Å²) < 4.78 is 57.7. The second kappa shape index (κ2) is 5.65. The minimum atomic E-state index is -4.65. The molecule has 0 saturated carbocycles. The molecule has 0 aliphatic heterocycles. The average molecular weight is 301 g/mol. The monoisotopic (exact) mass is 301 g/mol. The maximum atomic E-state index is 13.7. The van der Waals surface area contributed by atoms with Crippen molar-refractivity contribution in [2.75, 3.05) is 0 Å². The molecule has 1 aromatic carbocycles. The van der Waals surface area contributed by atoms with Crippen LogP contribution < -0.4 is 10.5 Å². The number of aromatic nitrogens is 2. The summed E-state index contributed by atoms with van der Waals surface area (Å²) in [6, 6.07) is 3.32. The first-order valence-corrected chi connectivity index (χ1v) is 5.88. The van der Waals surface area contributed by atoms with Crippen molar-refractivity contribution in [3.8, 4) is 11.6 Å². The molecule has 0 aliphatic rings. The molecule has 0 radical (unpaired) electrons. The van der Waals surface area contributed by atoms with Gasteiger partial charge >= 0.3 is 6.18 Å². The van der Waals surface area contributed by atoms with Crippen LogP contribution in [0, 0.1) is 12.7 Å². The third-order valence-corrected chi connectivity index (χ3v) is 2.72. The van der Waals surface area contributed by atoms with Crippen LogP contribution in [0.1, 0.15) is 16.8 Å². The second-order valence-electron chi connectivity index (χ2n) is 4.21. The van der Waals surface area contributed by atoms with Crippen LogP contribution in [0.2, 0.25) is 0 Å². The van der Waals surface area contributed by atoms with E-state index in [9.17, 15) is 17.6 Å². The quantitative estimate of drug-likeness (QED) is 0.884.